The third-order valence-electron chi connectivity index (χ3n) is 5.28. The number of halogens is 2. The third-order valence-corrected chi connectivity index (χ3v) is 7.10. The first-order valence-electron chi connectivity index (χ1n) is 10.4. The maximum atomic E-state index is 13.5. The fraction of sp³-hybridized carbons (Fsp3) is 0.391. The van der Waals surface area contributed by atoms with E-state index in [0.717, 1.165) is 10.6 Å². The van der Waals surface area contributed by atoms with Gasteiger partial charge in [0.05, 0.1) is 11.9 Å². The van der Waals surface area contributed by atoms with Gasteiger partial charge in [-0.2, -0.15) is 0 Å². The van der Waals surface area contributed by atoms with Crippen molar-refractivity contribution in [3.05, 3.63) is 63.1 Å². The molecule has 0 aliphatic heterocycles. The molecule has 0 fully saturated rings. The molecule has 2 amide bonds. The summed E-state index contributed by atoms with van der Waals surface area (Å²) in [5, 5.41) is 3.39. The lowest BCUT2D eigenvalue weighted by atomic mass is 10.1. The molecular weight excluding hydrogens is 485 g/mol. The Morgan fingerprint density at radius 3 is 2.03 bits per heavy atom. The Bertz CT molecular complexity index is 1100. The van der Waals surface area contributed by atoms with Crippen LogP contribution in [0.4, 0.5) is 5.69 Å². The molecule has 2 aromatic carbocycles. The SMILES string of the molecule is CCNC(=O)[C@H](C)N(Cc1c(Cl)cccc1Cl)C(=O)CN(c1c(C)cccc1C)S(C)(=O)=O. The van der Waals surface area contributed by atoms with Gasteiger partial charge in [-0.3, -0.25) is 13.9 Å². The smallest absolute Gasteiger partial charge is 0.244 e. The van der Waals surface area contributed by atoms with Gasteiger partial charge in [-0.25, -0.2) is 8.42 Å². The Labute approximate surface area is 205 Å². The number of aryl methyl sites for hydroxylation is 2. The van der Waals surface area contributed by atoms with Crippen LogP contribution in [-0.4, -0.2) is 50.5 Å². The quantitative estimate of drug-likeness (QED) is 0.550. The number of anilines is 1. The first kappa shape index (κ1) is 27.0. The Balaban J connectivity index is 2.51. The lowest BCUT2D eigenvalue weighted by Crippen LogP contribution is -2.51. The van der Waals surface area contributed by atoms with Crippen LogP contribution in [0, 0.1) is 13.8 Å². The number of benzene rings is 2. The minimum absolute atomic E-state index is 0.0556. The highest BCUT2D eigenvalue weighted by molar-refractivity contribution is 7.92. The molecule has 180 valence electrons. The molecular formula is C23H29Cl2N3O4S. The molecule has 1 N–H and O–H groups in total. The van der Waals surface area contributed by atoms with Gasteiger partial charge in [-0.1, -0.05) is 47.5 Å². The zero-order valence-electron chi connectivity index (χ0n) is 19.4. The van der Waals surface area contributed by atoms with Gasteiger partial charge in [0.2, 0.25) is 21.8 Å². The Morgan fingerprint density at radius 1 is 1.03 bits per heavy atom. The molecule has 0 saturated heterocycles. The molecule has 0 spiro atoms. The molecule has 0 unspecified atom stereocenters. The predicted octanol–water partition coefficient (Wildman–Crippen LogP) is 3.93. The summed E-state index contributed by atoms with van der Waals surface area (Å²) in [6.07, 6.45) is 1.05. The molecule has 33 heavy (non-hydrogen) atoms. The summed E-state index contributed by atoms with van der Waals surface area (Å²) >= 11 is 12.6. The predicted molar refractivity (Wildman–Crippen MR) is 133 cm³/mol. The number of nitrogens with one attached hydrogen (secondary N) is 1. The van der Waals surface area contributed by atoms with Crippen molar-refractivity contribution in [2.45, 2.75) is 40.3 Å². The molecule has 0 radical (unpaired) electrons. The van der Waals surface area contributed by atoms with Crippen LogP contribution in [0.5, 0.6) is 0 Å². The normalized spacial score (nSPS) is 12.2. The van der Waals surface area contributed by atoms with Crippen molar-refractivity contribution in [2.75, 3.05) is 23.7 Å². The molecule has 0 bridgehead atoms. The van der Waals surface area contributed by atoms with Crippen molar-refractivity contribution in [1.29, 1.82) is 0 Å². The van der Waals surface area contributed by atoms with Gasteiger partial charge in [-0.15, -0.1) is 0 Å². The van der Waals surface area contributed by atoms with Gasteiger partial charge in [0.25, 0.3) is 0 Å². The van der Waals surface area contributed by atoms with E-state index >= 15 is 0 Å². The fourth-order valence-electron chi connectivity index (χ4n) is 3.53. The van der Waals surface area contributed by atoms with Crippen LogP contribution < -0.4 is 9.62 Å². The topological polar surface area (TPSA) is 86.8 Å². The number of carbonyl (C=O) groups is 2. The first-order chi connectivity index (χ1) is 15.4. The van der Waals surface area contributed by atoms with Gasteiger partial charge in [-0.05, 0) is 51.0 Å². The van der Waals surface area contributed by atoms with E-state index in [4.69, 9.17) is 23.2 Å². The van der Waals surface area contributed by atoms with Crippen molar-refractivity contribution in [3.8, 4) is 0 Å². The van der Waals surface area contributed by atoms with Crippen LogP contribution >= 0.6 is 23.2 Å². The van der Waals surface area contributed by atoms with E-state index in [0.29, 0.717) is 39.0 Å². The number of nitrogens with zero attached hydrogens (tertiary/aromatic N) is 2. The van der Waals surface area contributed by atoms with Crippen LogP contribution in [0.15, 0.2) is 36.4 Å². The molecule has 0 heterocycles. The maximum absolute atomic E-state index is 13.5. The first-order valence-corrected chi connectivity index (χ1v) is 13.0. The van der Waals surface area contributed by atoms with E-state index in [9.17, 15) is 18.0 Å². The summed E-state index contributed by atoms with van der Waals surface area (Å²) in [7, 11) is -3.80. The number of carbonyl (C=O) groups excluding carboxylic acids is 2. The van der Waals surface area contributed by atoms with E-state index in [1.54, 1.807) is 58.0 Å². The summed E-state index contributed by atoms with van der Waals surface area (Å²) in [6.45, 7) is 6.77. The Hall–Kier alpha value is -2.29. The van der Waals surface area contributed by atoms with Gasteiger partial charge in [0.1, 0.15) is 12.6 Å². The average Bonchev–Trinajstić information content (AvgIpc) is 2.71. The van der Waals surface area contributed by atoms with E-state index in [-0.39, 0.29) is 12.5 Å². The summed E-state index contributed by atoms with van der Waals surface area (Å²) < 4.78 is 26.5. The fourth-order valence-corrected chi connectivity index (χ4v) is 5.01. The lowest BCUT2D eigenvalue weighted by molar-refractivity contribution is -0.139. The number of rotatable bonds is 9. The van der Waals surface area contributed by atoms with Crippen molar-refractivity contribution >= 4 is 50.7 Å². The van der Waals surface area contributed by atoms with Crippen molar-refractivity contribution in [3.63, 3.8) is 0 Å². The van der Waals surface area contributed by atoms with Gasteiger partial charge < -0.3 is 10.2 Å². The average molecular weight is 514 g/mol. The second kappa shape index (κ2) is 11.2. The minimum atomic E-state index is -3.80. The molecule has 0 aliphatic carbocycles. The lowest BCUT2D eigenvalue weighted by Gasteiger charge is -2.32. The van der Waals surface area contributed by atoms with Gasteiger partial charge in [0, 0.05) is 28.7 Å². The number of amides is 2. The highest BCUT2D eigenvalue weighted by Crippen LogP contribution is 2.29. The third kappa shape index (κ3) is 6.62. The zero-order valence-corrected chi connectivity index (χ0v) is 21.7. The summed E-state index contributed by atoms with van der Waals surface area (Å²) in [6, 6.07) is 9.46. The molecule has 10 heteroatoms. The maximum Gasteiger partial charge on any atom is 0.244 e. The number of hydrogen-bond acceptors (Lipinski definition) is 4. The van der Waals surface area contributed by atoms with Crippen LogP contribution in [-0.2, 0) is 26.2 Å². The largest absolute Gasteiger partial charge is 0.355 e. The van der Waals surface area contributed by atoms with E-state index in [2.05, 4.69) is 5.32 Å². The second-order valence-electron chi connectivity index (χ2n) is 7.80. The number of hydrogen-bond donors (Lipinski definition) is 1. The number of para-hydroxylation sites is 1. The molecule has 2 rings (SSSR count). The molecule has 1 atom stereocenters. The van der Waals surface area contributed by atoms with Gasteiger partial charge in [0.15, 0.2) is 0 Å². The Kier molecular flexibility index (Phi) is 9.17. The molecule has 0 aliphatic rings. The molecule has 2 aromatic rings. The molecule has 7 nitrogen and oxygen atoms in total. The highest BCUT2D eigenvalue weighted by atomic mass is 35.5. The standard InChI is InChI=1S/C23H29Cl2N3O4S/c1-6-26-23(30)17(4)27(13-18-19(24)11-8-12-20(18)25)21(29)14-28(33(5,31)32)22-15(2)9-7-10-16(22)3/h7-12,17H,6,13-14H2,1-5H3,(H,26,30)/t17-/m0/s1. The van der Waals surface area contributed by atoms with Crippen LogP contribution in [0.25, 0.3) is 0 Å². The van der Waals surface area contributed by atoms with Crippen LogP contribution in [0.1, 0.15) is 30.5 Å². The summed E-state index contributed by atoms with van der Waals surface area (Å²) in [5.74, 6) is -0.926. The second-order valence-corrected chi connectivity index (χ2v) is 10.5. The Morgan fingerprint density at radius 2 is 1.55 bits per heavy atom. The van der Waals surface area contributed by atoms with Crippen molar-refractivity contribution in [1.82, 2.24) is 10.2 Å². The van der Waals surface area contributed by atoms with Crippen molar-refractivity contribution < 1.29 is 18.0 Å². The van der Waals surface area contributed by atoms with Crippen molar-refractivity contribution in [2.24, 2.45) is 0 Å². The van der Waals surface area contributed by atoms with Crippen LogP contribution in [0.3, 0.4) is 0 Å². The zero-order chi connectivity index (χ0) is 24.9. The van der Waals surface area contributed by atoms with E-state index in [1.807, 2.05) is 6.07 Å². The van der Waals surface area contributed by atoms with Gasteiger partial charge >= 0.3 is 0 Å². The van der Waals surface area contributed by atoms with E-state index < -0.39 is 28.5 Å². The molecule has 0 saturated carbocycles. The highest BCUT2D eigenvalue weighted by Gasteiger charge is 2.31. The monoisotopic (exact) mass is 513 g/mol. The number of sulfonamides is 1. The van der Waals surface area contributed by atoms with Crippen LogP contribution in [0.2, 0.25) is 10.0 Å². The summed E-state index contributed by atoms with van der Waals surface area (Å²) in [4.78, 5) is 27.4. The number of likely N-dealkylation sites (N-methyl/N-ethyl adjacent to an activating group) is 1. The minimum Gasteiger partial charge on any atom is -0.355 e. The summed E-state index contributed by atoms with van der Waals surface area (Å²) in [5.41, 5.74) is 2.34. The molecule has 0 aromatic heterocycles. The van der Waals surface area contributed by atoms with E-state index in [1.165, 1.54) is 4.90 Å².